The highest BCUT2D eigenvalue weighted by Crippen LogP contribution is 2.25. The predicted molar refractivity (Wildman–Crippen MR) is 60.2 cm³/mol. The SMILES string of the molecule is CCCCC(N)c1ccc(CC)s1. The van der Waals surface area contributed by atoms with Crippen LogP contribution in [0.4, 0.5) is 0 Å². The van der Waals surface area contributed by atoms with Crippen LogP contribution in [0, 0.1) is 0 Å². The highest BCUT2D eigenvalue weighted by Gasteiger charge is 2.07. The van der Waals surface area contributed by atoms with E-state index < -0.39 is 0 Å². The zero-order chi connectivity index (χ0) is 9.68. The fraction of sp³-hybridized carbons (Fsp3) is 0.636. The molecule has 1 atom stereocenters. The van der Waals surface area contributed by atoms with Crippen molar-refractivity contribution in [3.63, 3.8) is 0 Å². The molecule has 1 heterocycles. The molecule has 2 N–H and O–H groups in total. The maximum absolute atomic E-state index is 6.06. The largest absolute Gasteiger partial charge is 0.323 e. The van der Waals surface area contributed by atoms with Crippen molar-refractivity contribution in [2.45, 2.75) is 45.6 Å². The van der Waals surface area contributed by atoms with E-state index >= 15 is 0 Å². The Labute approximate surface area is 85.0 Å². The number of hydrogen-bond acceptors (Lipinski definition) is 2. The second-order valence-electron chi connectivity index (χ2n) is 3.41. The van der Waals surface area contributed by atoms with Crippen molar-refractivity contribution in [2.24, 2.45) is 5.73 Å². The molecule has 1 unspecified atom stereocenters. The standard InChI is InChI=1S/C11H19NS/c1-3-5-6-10(12)11-8-7-9(4-2)13-11/h7-8,10H,3-6,12H2,1-2H3. The third kappa shape index (κ3) is 3.12. The van der Waals surface area contributed by atoms with Crippen molar-refractivity contribution < 1.29 is 0 Å². The molecule has 0 aliphatic carbocycles. The zero-order valence-corrected chi connectivity index (χ0v) is 9.36. The van der Waals surface area contributed by atoms with Crippen molar-refractivity contribution in [1.29, 1.82) is 0 Å². The molecule has 74 valence electrons. The van der Waals surface area contributed by atoms with Gasteiger partial charge in [0, 0.05) is 15.8 Å². The average molecular weight is 197 g/mol. The van der Waals surface area contributed by atoms with Crippen LogP contribution in [0.5, 0.6) is 0 Å². The Morgan fingerprint density at radius 1 is 1.38 bits per heavy atom. The summed E-state index contributed by atoms with van der Waals surface area (Å²) in [4.78, 5) is 2.80. The Hall–Kier alpha value is -0.340. The highest BCUT2D eigenvalue weighted by atomic mass is 32.1. The van der Waals surface area contributed by atoms with Crippen LogP contribution in [0.1, 0.15) is 48.9 Å². The normalized spacial score (nSPS) is 13.2. The Morgan fingerprint density at radius 2 is 2.15 bits per heavy atom. The average Bonchev–Trinajstić information content (AvgIpc) is 2.62. The third-order valence-electron chi connectivity index (χ3n) is 2.27. The molecule has 0 amide bonds. The van der Waals surface area contributed by atoms with Gasteiger partial charge in [0.25, 0.3) is 0 Å². The molecule has 0 fully saturated rings. The van der Waals surface area contributed by atoms with Gasteiger partial charge in [-0.05, 0) is 25.0 Å². The van der Waals surface area contributed by atoms with E-state index in [9.17, 15) is 0 Å². The van der Waals surface area contributed by atoms with Crippen LogP contribution in [-0.4, -0.2) is 0 Å². The summed E-state index contributed by atoms with van der Waals surface area (Å²) in [7, 11) is 0. The van der Waals surface area contributed by atoms with E-state index in [4.69, 9.17) is 5.73 Å². The minimum absolute atomic E-state index is 0.269. The van der Waals surface area contributed by atoms with Gasteiger partial charge in [-0.15, -0.1) is 11.3 Å². The van der Waals surface area contributed by atoms with Crippen LogP contribution in [0.2, 0.25) is 0 Å². The summed E-state index contributed by atoms with van der Waals surface area (Å²) in [5.74, 6) is 0. The smallest absolute Gasteiger partial charge is 0.0389 e. The van der Waals surface area contributed by atoms with Gasteiger partial charge in [-0.3, -0.25) is 0 Å². The van der Waals surface area contributed by atoms with Gasteiger partial charge in [0.2, 0.25) is 0 Å². The lowest BCUT2D eigenvalue weighted by molar-refractivity contribution is 0.611. The minimum Gasteiger partial charge on any atom is -0.323 e. The van der Waals surface area contributed by atoms with Crippen LogP contribution in [0.15, 0.2) is 12.1 Å². The van der Waals surface area contributed by atoms with Gasteiger partial charge < -0.3 is 5.73 Å². The molecule has 2 heteroatoms. The van der Waals surface area contributed by atoms with E-state index in [-0.39, 0.29) is 6.04 Å². The quantitative estimate of drug-likeness (QED) is 0.768. The van der Waals surface area contributed by atoms with Gasteiger partial charge >= 0.3 is 0 Å². The second kappa shape index (κ2) is 5.40. The summed E-state index contributed by atoms with van der Waals surface area (Å²) >= 11 is 1.87. The van der Waals surface area contributed by atoms with E-state index in [1.807, 2.05) is 11.3 Å². The van der Waals surface area contributed by atoms with Gasteiger partial charge in [0.05, 0.1) is 0 Å². The first-order valence-corrected chi connectivity index (χ1v) is 5.93. The summed E-state index contributed by atoms with van der Waals surface area (Å²) in [6, 6.07) is 4.65. The Bertz CT molecular complexity index is 242. The van der Waals surface area contributed by atoms with Gasteiger partial charge in [-0.25, -0.2) is 0 Å². The molecule has 0 aromatic carbocycles. The Balaban J connectivity index is 2.50. The zero-order valence-electron chi connectivity index (χ0n) is 8.55. The van der Waals surface area contributed by atoms with Gasteiger partial charge in [0.1, 0.15) is 0 Å². The van der Waals surface area contributed by atoms with Crippen molar-refractivity contribution in [2.75, 3.05) is 0 Å². The number of unbranched alkanes of at least 4 members (excludes halogenated alkanes) is 1. The first kappa shape index (κ1) is 10.7. The van der Waals surface area contributed by atoms with E-state index in [1.165, 1.54) is 22.6 Å². The lowest BCUT2D eigenvalue weighted by Gasteiger charge is -2.07. The van der Waals surface area contributed by atoms with Crippen LogP contribution < -0.4 is 5.73 Å². The molecule has 1 nitrogen and oxygen atoms in total. The fourth-order valence-corrected chi connectivity index (χ4v) is 2.34. The molecular weight excluding hydrogens is 178 g/mol. The van der Waals surface area contributed by atoms with Gasteiger partial charge in [-0.1, -0.05) is 26.7 Å². The molecule has 1 aromatic rings. The molecule has 0 saturated heterocycles. The number of thiophene rings is 1. The predicted octanol–water partition coefficient (Wildman–Crippen LogP) is 3.50. The monoisotopic (exact) mass is 197 g/mol. The van der Waals surface area contributed by atoms with E-state index in [2.05, 4.69) is 26.0 Å². The molecule has 0 radical (unpaired) electrons. The van der Waals surface area contributed by atoms with Crippen molar-refractivity contribution in [3.05, 3.63) is 21.9 Å². The van der Waals surface area contributed by atoms with Gasteiger partial charge in [0.15, 0.2) is 0 Å². The molecule has 0 saturated carbocycles. The van der Waals surface area contributed by atoms with E-state index in [0.29, 0.717) is 0 Å². The molecule has 13 heavy (non-hydrogen) atoms. The van der Waals surface area contributed by atoms with Gasteiger partial charge in [-0.2, -0.15) is 0 Å². The molecule has 1 rings (SSSR count). The molecule has 1 aromatic heterocycles. The van der Waals surface area contributed by atoms with Crippen molar-refractivity contribution in [3.8, 4) is 0 Å². The minimum atomic E-state index is 0.269. The molecular formula is C11H19NS. The second-order valence-corrected chi connectivity index (χ2v) is 4.61. The highest BCUT2D eigenvalue weighted by molar-refractivity contribution is 7.12. The number of nitrogens with two attached hydrogens (primary N) is 1. The summed E-state index contributed by atoms with van der Waals surface area (Å²) in [6.45, 7) is 4.39. The van der Waals surface area contributed by atoms with Crippen LogP contribution in [-0.2, 0) is 6.42 Å². The fourth-order valence-electron chi connectivity index (χ4n) is 1.35. The van der Waals surface area contributed by atoms with Crippen LogP contribution >= 0.6 is 11.3 Å². The third-order valence-corrected chi connectivity index (χ3v) is 3.63. The summed E-state index contributed by atoms with van der Waals surface area (Å²) in [5.41, 5.74) is 6.06. The number of hydrogen-bond donors (Lipinski definition) is 1. The first-order chi connectivity index (χ1) is 6.27. The summed E-state index contributed by atoms with van der Waals surface area (Å²) < 4.78 is 0. The van der Waals surface area contributed by atoms with Crippen LogP contribution in [0.3, 0.4) is 0 Å². The maximum Gasteiger partial charge on any atom is 0.0389 e. The number of rotatable bonds is 5. The Morgan fingerprint density at radius 3 is 2.69 bits per heavy atom. The van der Waals surface area contributed by atoms with Crippen molar-refractivity contribution in [1.82, 2.24) is 0 Å². The first-order valence-electron chi connectivity index (χ1n) is 5.12. The molecule has 0 spiro atoms. The molecule has 0 aliphatic rings. The lowest BCUT2D eigenvalue weighted by Crippen LogP contribution is -2.07. The van der Waals surface area contributed by atoms with E-state index in [0.717, 1.165) is 12.8 Å². The summed E-state index contributed by atoms with van der Waals surface area (Å²) in [6.07, 6.45) is 4.73. The Kier molecular flexibility index (Phi) is 4.46. The molecule has 0 bridgehead atoms. The van der Waals surface area contributed by atoms with Crippen molar-refractivity contribution >= 4 is 11.3 Å². The summed E-state index contributed by atoms with van der Waals surface area (Å²) in [5, 5.41) is 0. The van der Waals surface area contributed by atoms with Crippen LogP contribution in [0.25, 0.3) is 0 Å². The molecule has 0 aliphatic heterocycles. The maximum atomic E-state index is 6.06. The topological polar surface area (TPSA) is 26.0 Å². The number of aryl methyl sites for hydroxylation is 1. The van der Waals surface area contributed by atoms with E-state index in [1.54, 1.807) is 0 Å². The lowest BCUT2D eigenvalue weighted by atomic mass is 10.1.